The van der Waals surface area contributed by atoms with Gasteiger partial charge in [-0.05, 0) is 11.6 Å². The van der Waals surface area contributed by atoms with Crippen LogP contribution in [0.15, 0.2) is 40.9 Å². The van der Waals surface area contributed by atoms with Gasteiger partial charge < -0.3 is 15.8 Å². The number of anilines is 2. The van der Waals surface area contributed by atoms with Gasteiger partial charge in [0.05, 0.1) is 18.5 Å². The molecule has 0 aliphatic rings. The van der Waals surface area contributed by atoms with Gasteiger partial charge in [0.2, 0.25) is 0 Å². The van der Waals surface area contributed by atoms with Crippen molar-refractivity contribution in [3.8, 4) is 5.75 Å². The molecule has 0 aliphatic carbocycles. The van der Waals surface area contributed by atoms with Gasteiger partial charge in [-0.15, -0.1) is 0 Å². The molecule has 0 spiro atoms. The summed E-state index contributed by atoms with van der Waals surface area (Å²) in [6.45, 7) is 0.584. The number of nitrogens with one attached hydrogen (secondary N) is 1. The first-order valence-electron chi connectivity index (χ1n) is 5.72. The molecule has 2 aromatic rings. The maximum absolute atomic E-state index is 13.4. The molecule has 19 heavy (non-hydrogen) atoms. The lowest BCUT2D eigenvalue weighted by molar-refractivity contribution is 0.387. The van der Waals surface area contributed by atoms with E-state index in [0.29, 0.717) is 17.9 Å². The van der Waals surface area contributed by atoms with Crippen molar-refractivity contribution in [2.24, 2.45) is 0 Å². The fourth-order valence-electron chi connectivity index (χ4n) is 1.71. The Labute approximate surface area is 119 Å². The summed E-state index contributed by atoms with van der Waals surface area (Å²) < 4.78 is 19.4. The van der Waals surface area contributed by atoms with Gasteiger partial charge in [0.25, 0.3) is 0 Å². The fraction of sp³-hybridized carbons (Fsp3) is 0.143. The van der Waals surface area contributed by atoms with Gasteiger partial charge in [-0.3, -0.25) is 0 Å². The minimum Gasteiger partial charge on any atom is -0.494 e. The van der Waals surface area contributed by atoms with Gasteiger partial charge in [0.15, 0.2) is 11.6 Å². The SMILES string of the molecule is COc1cc(NCc2ccccc2Br)c(N)cc1F. The molecule has 0 heterocycles. The summed E-state index contributed by atoms with van der Waals surface area (Å²) in [5.74, 6) is -0.296. The number of nitrogens with two attached hydrogens (primary N) is 1. The highest BCUT2D eigenvalue weighted by molar-refractivity contribution is 9.10. The quantitative estimate of drug-likeness (QED) is 0.841. The average Bonchev–Trinajstić information content (AvgIpc) is 2.39. The standard InChI is InChI=1S/C14H14BrFN2O/c1-19-14-7-13(12(17)6-11(14)16)18-8-9-4-2-3-5-10(9)15/h2-7,18H,8,17H2,1H3. The van der Waals surface area contributed by atoms with Crippen LogP contribution in [0.25, 0.3) is 0 Å². The van der Waals surface area contributed by atoms with E-state index in [1.54, 1.807) is 6.07 Å². The number of halogens is 2. The lowest BCUT2D eigenvalue weighted by atomic mass is 10.2. The zero-order valence-corrected chi connectivity index (χ0v) is 12.0. The third-order valence-electron chi connectivity index (χ3n) is 2.75. The van der Waals surface area contributed by atoms with Crippen molar-refractivity contribution < 1.29 is 9.13 Å². The predicted octanol–water partition coefficient (Wildman–Crippen LogP) is 3.79. The molecule has 0 amide bonds. The number of hydrogen-bond acceptors (Lipinski definition) is 3. The van der Waals surface area contributed by atoms with Crippen LogP contribution in [0.3, 0.4) is 0 Å². The zero-order chi connectivity index (χ0) is 13.8. The second kappa shape index (κ2) is 5.93. The molecule has 100 valence electrons. The summed E-state index contributed by atoms with van der Waals surface area (Å²) in [7, 11) is 1.42. The van der Waals surface area contributed by atoms with Crippen molar-refractivity contribution in [3.63, 3.8) is 0 Å². The predicted molar refractivity (Wildman–Crippen MR) is 78.8 cm³/mol. The molecule has 0 fully saturated rings. The van der Waals surface area contributed by atoms with E-state index in [9.17, 15) is 4.39 Å². The number of methoxy groups -OCH3 is 1. The molecular weight excluding hydrogens is 311 g/mol. The smallest absolute Gasteiger partial charge is 0.167 e. The fourth-order valence-corrected chi connectivity index (χ4v) is 2.14. The van der Waals surface area contributed by atoms with Gasteiger partial charge in [-0.2, -0.15) is 0 Å². The highest BCUT2D eigenvalue weighted by Crippen LogP contribution is 2.28. The average molecular weight is 325 g/mol. The summed E-state index contributed by atoms with van der Waals surface area (Å²) in [4.78, 5) is 0. The third-order valence-corrected chi connectivity index (χ3v) is 3.52. The summed E-state index contributed by atoms with van der Waals surface area (Å²) >= 11 is 3.47. The Kier molecular flexibility index (Phi) is 4.27. The Bertz CT molecular complexity index is 590. The second-order valence-electron chi connectivity index (χ2n) is 4.02. The summed E-state index contributed by atoms with van der Waals surface area (Å²) in [6.07, 6.45) is 0. The monoisotopic (exact) mass is 324 g/mol. The Morgan fingerprint density at radius 2 is 2.05 bits per heavy atom. The van der Waals surface area contributed by atoms with Crippen LogP contribution in [0.1, 0.15) is 5.56 Å². The van der Waals surface area contributed by atoms with Crippen molar-refractivity contribution >= 4 is 27.3 Å². The third kappa shape index (κ3) is 3.17. The van der Waals surface area contributed by atoms with Crippen LogP contribution < -0.4 is 15.8 Å². The molecule has 2 rings (SSSR count). The number of rotatable bonds is 4. The summed E-state index contributed by atoms with van der Waals surface area (Å²) in [5, 5.41) is 3.17. The molecule has 2 aromatic carbocycles. The van der Waals surface area contributed by atoms with E-state index < -0.39 is 5.82 Å². The van der Waals surface area contributed by atoms with Crippen molar-refractivity contribution in [3.05, 3.63) is 52.3 Å². The number of ether oxygens (including phenoxy) is 1. The Hall–Kier alpha value is -1.75. The van der Waals surface area contributed by atoms with Crippen LogP contribution in [0.5, 0.6) is 5.75 Å². The van der Waals surface area contributed by atoms with Crippen LogP contribution in [0, 0.1) is 5.82 Å². The highest BCUT2D eigenvalue weighted by Gasteiger charge is 2.08. The second-order valence-corrected chi connectivity index (χ2v) is 4.87. The molecule has 0 aromatic heterocycles. The Morgan fingerprint density at radius 3 is 2.74 bits per heavy atom. The molecule has 3 nitrogen and oxygen atoms in total. The number of nitrogen functional groups attached to an aromatic ring is 1. The normalized spacial score (nSPS) is 10.3. The molecule has 5 heteroatoms. The zero-order valence-electron chi connectivity index (χ0n) is 10.4. The van der Waals surface area contributed by atoms with Crippen molar-refractivity contribution in [2.75, 3.05) is 18.2 Å². The van der Waals surface area contributed by atoms with E-state index in [4.69, 9.17) is 10.5 Å². The first-order valence-corrected chi connectivity index (χ1v) is 6.51. The van der Waals surface area contributed by atoms with Crippen LogP contribution in [0.2, 0.25) is 0 Å². The van der Waals surface area contributed by atoms with Gasteiger partial charge in [-0.25, -0.2) is 4.39 Å². The molecule has 0 saturated heterocycles. The minimum atomic E-state index is -0.466. The van der Waals surface area contributed by atoms with Crippen LogP contribution in [-0.2, 0) is 6.54 Å². The molecule has 3 N–H and O–H groups in total. The van der Waals surface area contributed by atoms with Gasteiger partial charge in [0.1, 0.15) is 0 Å². The molecule has 0 radical (unpaired) electrons. The lowest BCUT2D eigenvalue weighted by Gasteiger charge is -2.12. The summed E-state index contributed by atoms with van der Waals surface area (Å²) in [6, 6.07) is 10.7. The van der Waals surface area contributed by atoms with Gasteiger partial charge in [-0.1, -0.05) is 34.1 Å². The first-order chi connectivity index (χ1) is 9.11. The maximum atomic E-state index is 13.4. The van der Waals surface area contributed by atoms with Crippen molar-refractivity contribution in [1.29, 1.82) is 0 Å². The summed E-state index contributed by atoms with van der Waals surface area (Å²) in [5.41, 5.74) is 7.86. The topological polar surface area (TPSA) is 47.3 Å². The molecule has 0 aliphatic heterocycles. The maximum Gasteiger partial charge on any atom is 0.167 e. The van der Waals surface area contributed by atoms with Crippen LogP contribution in [-0.4, -0.2) is 7.11 Å². The number of benzene rings is 2. The molecule has 0 saturated carbocycles. The van der Waals surface area contributed by atoms with E-state index >= 15 is 0 Å². The largest absolute Gasteiger partial charge is 0.494 e. The molecule has 0 atom stereocenters. The molecular formula is C14H14BrFN2O. The van der Waals surface area contributed by atoms with Crippen molar-refractivity contribution in [2.45, 2.75) is 6.54 Å². The first kappa shape index (κ1) is 13.7. The minimum absolute atomic E-state index is 0.170. The Balaban J connectivity index is 2.18. The van der Waals surface area contributed by atoms with Crippen LogP contribution >= 0.6 is 15.9 Å². The number of hydrogen-bond donors (Lipinski definition) is 2. The van der Waals surface area contributed by atoms with E-state index in [1.807, 2.05) is 24.3 Å². The van der Waals surface area contributed by atoms with E-state index in [1.165, 1.54) is 13.2 Å². The van der Waals surface area contributed by atoms with E-state index in [-0.39, 0.29) is 5.75 Å². The van der Waals surface area contributed by atoms with E-state index in [2.05, 4.69) is 21.2 Å². The Morgan fingerprint density at radius 1 is 1.32 bits per heavy atom. The van der Waals surface area contributed by atoms with Gasteiger partial charge in [0, 0.05) is 23.2 Å². The van der Waals surface area contributed by atoms with Crippen molar-refractivity contribution in [1.82, 2.24) is 0 Å². The van der Waals surface area contributed by atoms with Crippen LogP contribution in [0.4, 0.5) is 15.8 Å². The molecule has 0 bridgehead atoms. The van der Waals surface area contributed by atoms with Gasteiger partial charge >= 0.3 is 0 Å². The highest BCUT2D eigenvalue weighted by atomic mass is 79.9. The van der Waals surface area contributed by atoms with E-state index in [0.717, 1.165) is 10.0 Å². The molecule has 0 unspecified atom stereocenters. The lowest BCUT2D eigenvalue weighted by Crippen LogP contribution is -2.04.